The number of halogens is 1. The molecule has 4 rings (SSSR count). The lowest BCUT2D eigenvalue weighted by Gasteiger charge is -2.10. The molecule has 1 aliphatic heterocycles. The summed E-state index contributed by atoms with van der Waals surface area (Å²) in [6.45, 7) is 4.01. The van der Waals surface area contributed by atoms with Crippen molar-refractivity contribution in [2.45, 2.75) is 23.6 Å². The van der Waals surface area contributed by atoms with Gasteiger partial charge in [-0.3, -0.25) is 4.79 Å². The van der Waals surface area contributed by atoms with Crippen LogP contribution in [0.4, 0.5) is 9.32 Å². The maximum Gasteiger partial charge on any atom is 0.550 e. The van der Waals surface area contributed by atoms with Crippen LogP contribution in [0.5, 0.6) is 23.0 Å². The molecule has 0 atom stereocenters. The summed E-state index contributed by atoms with van der Waals surface area (Å²) in [7, 11) is 2.51. The molecule has 3 aromatic rings. The van der Waals surface area contributed by atoms with Gasteiger partial charge >= 0.3 is 18.1 Å². The van der Waals surface area contributed by atoms with Crippen LogP contribution in [0.1, 0.15) is 34.6 Å². The smallest absolute Gasteiger partial charge is 0.508 e. The first-order valence-corrected chi connectivity index (χ1v) is 14.6. The van der Waals surface area contributed by atoms with Crippen molar-refractivity contribution in [2.75, 3.05) is 20.8 Å². The summed E-state index contributed by atoms with van der Waals surface area (Å²) in [5, 5.41) is 25.9. The molecule has 1 aliphatic rings. The van der Waals surface area contributed by atoms with E-state index in [1.807, 2.05) is 19.9 Å². The number of aliphatic hydroxyl groups is 1. The normalized spacial score (nSPS) is 12.0. The number of carbonyl (C=O) groups excluding carboxylic acids is 4. The number of aldehydes is 1. The molecule has 0 aliphatic carbocycles. The molecule has 46 heavy (non-hydrogen) atoms. The number of nitriles is 1. The highest BCUT2D eigenvalue weighted by atomic mass is 32.2. The number of thioether (sulfide) groups is 2. The molecule has 12 nitrogen and oxygen atoms in total. The molecule has 0 saturated heterocycles. The highest BCUT2D eigenvalue weighted by Crippen LogP contribution is 2.59. The van der Waals surface area contributed by atoms with Crippen molar-refractivity contribution >= 4 is 47.9 Å². The zero-order valence-electron chi connectivity index (χ0n) is 24.8. The zero-order chi connectivity index (χ0) is 34.2. The van der Waals surface area contributed by atoms with Crippen LogP contribution in [-0.4, -0.2) is 55.4 Å². The number of carbonyl (C=O) groups is 4. The Labute approximate surface area is 271 Å². The van der Waals surface area contributed by atoms with Gasteiger partial charge in [-0.1, -0.05) is 37.4 Å². The third kappa shape index (κ3) is 10.5. The largest absolute Gasteiger partial charge is 0.550 e. The maximum atomic E-state index is 12.5. The fraction of sp³-hybridized carbons (Fsp3) is 0.194. The van der Waals surface area contributed by atoms with Crippen LogP contribution in [-0.2, 0) is 14.5 Å². The monoisotopic (exact) mass is 673 g/mol. The van der Waals surface area contributed by atoms with E-state index in [2.05, 4.69) is 9.68 Å². The lowest BCUT2D eigenvalue weighted by Crippen LogP contribution is -2.12. The minimum absolute atomic E-state index is 0.0389. The molecule has 15 heteroatoms. The van der Waals surface area contributed by atoms with Gasteiger partial charge in [-0.05, 0) is 66.6 Å². The Morgan fingerprint density at radius 1 is 0.935 bits per heavy atom. The fourth-order valence-corrected chi connectivity index (χ4v) is 5.84. The number of aromatic hydroxyl groups is 1. The Bertz CT molecular complexity index is 1600. The van der Waals surface area contributed by atoms with Crippen LogP contribution in [0.15, 0.2) is 80.3 Å². The molecule has 0 spiro atoms. The molecule has 3 aromatic carbocycles. The Kier molecular flexibility index (Phi) is 15.1. The summed E-state index contributed by atoms with van der Waals surface area (Å²) < 4.78 is 32.1. The fourth-order valence-electron chi connectivity index (χ4n) is 3.24. The first kappa shape index (κ1) is 37.1. The molecule has 0 saturated carbocycles. The van der Waals surface area contributed by atoms with E-state index in [4.69, 9.17) is 19.3 Å². The summed E-state index contributed by atoms with van der Waals surface area (Å²) in [6, 6.07) is 16.4. The number of esters is 2. The summed E-state index contributed by atoms with van der Waals surface area (Å²) in [6.07, 6.45) is -0.809. The predicted molar refractivity (Wildman–Crippen MR) is 164 cm³/mol. The molecular weight excluding hydrogens is 645 g/mol. The minimum atomic E-state index is -1.45. The molecule has 2 N–H and O–H groups in total. The van der Waals surface area contributed by atoms with Crippen LogP contribution in [0.2, 0.25) is 0 Å². The van der Waals surface area contributed by atoms with Crippen molar-refractivity contribution < 1.29 is 57.8 Å². The van der Waals surface area contributed by atoms with E-state index >= 15 is 0 Å². The minimum Gasteiger partial charge on any atom is -0.508 e. The van der Waals surface area contributed by atoms with Crippen molar-refractivity contribution in [3.05, 3.63) is 81.6 Å². The number of ether oxygens (including phenoxy) is 4. The number of phenolic OH excluding ortho intramolecular Hbond substituents is 1. The van der Waals surface area contributed by atoms with Crippen molar-refractivity contribution in [1.29, 1.82) is 5.26 Å². The van der Waals surface area contributed by atoms with Gasteiger partial charge in [0.15, 0.2) is 5.57 Å². The molecule has 0 bridgehead atoms. The highest BCUT2D eigenvalue weighted by Gasteiger charge is 2.31. The van der Waals surface area contributed by atoms with Crippen LogP contribution < -0.4 is 14.2 Å². The van der Waals surface area contributed by atoms with Gasteiger partial charge < -0.3 is 29.2 Å². The molecule has 0 aromatic heterocycles. The first-order chi connectivity index (χ1) is 22.1. The van der Waals surface area contributed by atoms with Gasteiger partial charge in [-0.15, -0.1) is 0 Å². The van der Waals surface area contributed by atoms with E-state index in [-0.39, 0.29) is 40.9 Å². The highest BCUT2D eigenvalue weighted by molar-refractivity contribution is 8.24. The average Bonchev–Trinajstić information content (AvgIpc) is 3.51. The number of rotatable bonds is 8. The van der Waals surface area contributed by atoms with E-state index in [1.54, 1.807) is 12.1 Å². The van der Waals surface area contributed by atoms with Gasteiger partial charge in [0.25, 0.3) is 0 Å². The van der Waals surface area contributed by atoms with E-state index < -0.39 is 18.1 Å². The number of nitrogens with zero attached hydrogens (tertiary/aromatic N) is 1. The Morgan fingerprint density at radius 3 is 2.04 bits per heavy atom. The van der Waals surface area contributed by atoms with Gasteiger partial charge in [0.05, 0.1) is 33.3 Å². The van der Waals surface area contributed by atoms with E-state index in [0.717, 1.165) is 18.9 Å². The molecule has 242 valence electrons. The molecule has 0 radical (unpaired) electrons. The number of hydrogen-bond donors (Lipinski definition) is 2. The second-order valence-electron chi connectivity index (χ2n) is 8.95. The van der Waals surface area contributed by atoms with Crippen LogP contribution in [0.3, 0.4) is 0 Å². The summed E-state index contributed by atoms with van der Waals surface area (Å²) in [5.41, 5.74) is 0.592. The van der Waals surface area contributed by atoms with Gasteiger partial charge in [-0.25, -0.2) is 14.5 Å². The third-order valence-electron chi connectivity index (χ3n) is 5.30. The number of phenols is 1. The number of hydrogen-bond acceptors (Lipinski definition) is 14. The topological polar surface area (TPSA) is 179 Å². The summed E-state index contributed by atoms with van der Waals surface area (Å²) in [4.78, 5) is 49.3. The third-order valence-corrected chi connectivity index (χ3v) is 7.93. The second kappa shape index (κ2) is 18.7. The Balaban J connectivity index is 0.000000410. The van der Waals surface area contributed by atoms with E-state index in [1.165, 1.54) is 67.4 Å². The van der Waals surface area contributed by atoms with E-state index in [9.17, 15) is 34.1 Å². The lowest BCUT2D eigenvalue weighted by molar-refractivity contribution is -0.139. The van der Waals surface area contributed by atoms with Crippen LogP contribution in [0.25, 0.3) is 0 Å². The lowest BCUT2D eigenvalue weighted by atomic mass is 10.2. The summed E-state index contributed by atoms with van der Waals surface area (Å²) >= 11 is 2.34. The van der Waals surface area contributed by atoms with Crippen molar-refractivity contribution in [2.24, 2.45) is 5.92 Å². The predicted octanol–water partition coefficient (Wildman–Crippen LogP) is 6.26. The standard InChI is InChI=1S/C22H19NO6S2.C8H5FO4.CH4O/c1-12(2)11-28-21(26)15(10-23)22-30-18-16(27-3)8-9-17(19(18)31-22)29-20(25)13-4-6-14(24)7-5-13;9-13-8(11)12-7-3-1-6(5-10)2-4-7;1-2/h4-9,12,24H,11H2,1-3H3;1-5H;2H,1H3/b22-15-;;. The molecule has 0 fully saturated rings. The van der Waals surface area contributed by atoms with Crippen molar-refractivity contribution in [3.8, 4) is 29.1 Å². The van der Waals surface area contributed by atoms with Crippen molar-refractivity contribution in [1.82, 2.24) is 0 Å². The number of aliphatic hydroxyl groups excluding tert-OH is 1. The maximum absolute atomic E-state index is 12.5. The second-order valence-corrected chi connectivity index (χ2v) is 11.2. The van der Waals surface area contributed by atoms with Gasteiger partial charge in [0, 0.05) is 17.2 Å². The first-order valence-electron chi connectivity index (χ1n) is 13.0. The number of methoxy groups -OCH3 is 1. The molecule has 1 heterocycles. The molecular formula is C31H28FNO11S2. The van der Waals surface area contributed by atoms with Gasteiger partial charge in [0.1, 0.15) is 35.4 Å². The number of fused-ring (bicyclic) bond motifs is 1. The molecule has 0 amide bonds. The van der Waals surface area contributed by atoms with Crippen molar-refractivity contribution in [3.63, 3.8) is 0 Å². The summed E-state index contributed by atoms with van der Waals surface area (Å²) in [5.74, 6) is -0.215. The van der Waals surface area contributed by atoms with Crippen LogP contribution in [0, 0.1) is 17.2 Å². The number of benzene rings is 3. The van der Waals surface area contributed by atoms with Gasteiger partial charge in [0.2, 0.25) is 0 Å². The Morgan fingerprint density at radius 2 is 1.52 bits per heavy atom. The zero-order valence-corrected chi connectivity index (χ0v) is 26.5. The van der Waals surface area contributed by atoms with E-state index in [0.29, 0.717) is 31.6 Å². The van der Waals surface area contributed by atoms with Gasteiger partial charge in [-0.2, -0.15) is 10.1 Å². The van der Waals surface area contributed by atoms with Crippen LogP contribution >= 0.6 is 23.5 Å². The molecule has 0 unspecified atom stereocenters. The quantitative estimate of drug-likeness (QED) is 0.0683. The average molecular weight is 674 g/mol. The SMILES string of the molecule is CO.COc1ccc(OC(=O)c2ccc(O)cc2)c2c1S/C(=C(\C#N)C(=O)OCC(C)C)S2.O=Cc1ccc(OC(=O)OF)cc1. The Hall–Kier alpha value is -5.04.